The van der Waals surface area contributed by atoms with E-state index in [-0.39, 0.29) is 18.6 Å². The fourth-order valence-corrected chi connectivity index (χ4v) is 2.79. The van der Waals surface area contributed by atoms with Gasteiger partial charge in [-0.3, -0.25) is 4.79 Å². The maximum atomic E-state index is 11.8. The number of carbonyl (C=O) groups excluding carboxylic acids is 1. The van der Waals surface area contributed by atoms with Crippen molar-refractivity contribution in [3.63, 3.8) is 0 Å². The predicted octanol–water partition coefficient (Wildman–Crippen LogP) is 2.81. The van der Waals surface area contributed by atoms with Gasteiger partial charge >= 0.3 is 12.1 Å². The van der Waals surface area contributed by atoms with E-state index in [1.54, 1.807) is 0 Å². The van der Waals surface area contributed by atoms with E-state index in [1.807, 2.05) is 45.0 Å². The molecule has 0 saturated carbocycles. The van der Waals surface area contributed by atoms with Gasteiger partial charge in [-0.05, 0) is 51.3 Å². The summed E-state index contributed by atoms with van der Waals surface area (Å²) in [7, 11) is 0. The molecule has 1 aliphatic rings. The summed E-state index contributed by atoms with van der Waals surface area (Å²) < 4.78 is 5.29. The third-order valence-corrected chi connectivity index (χ3v) is 3.85. The summed E-state index contributed by atoms with van der Waals surface area (Å²) in [5.74, 6) is -0.826. The number of carboxylic acid groups (broad SMARTS) is 1. The van der Waals surface area contributed by atoms with Gasteiger partial charge in [-0.15, -0.1) is 0 Å². The highest BCUT2D eigenvalue weighted by molar-refractivity contribution is 5.71. The Morgan fingerprint density at radius 2 is 1.96 bits per heavy atom. The first-order chi connectivity index (χ1) is 11.2. The van der Waals surface area contributed by atoms with Crippen LogP contribution in [0.15, 0.2) is 24.3 Å². The van der Waals surface area contributed by atoms with Crippen molar-refractivity contribution < 1.29 is 19.4 Å². The molecular formula is C18H26N2O4. The number of carboxylic acids is 1. The summed E-state index contributed by atoms with van der Waals surface area (Å²) >= 11 is 0. The van der Waals surface area contributed by atoms with Gasteiger partial charge in [0.15, 0.2) is 0 Å². The molecule has 0 aliphatic carbocycles. The molecule has 1 heterocycles. The van der Waals surface area contributed by atoms with Crippen LogP contribution >= 0.6 is 0 Å². The van der Waals surface area contributed by atoms with E-state index in [9.17, 15) is 9.59 Å². The predicted molar refractivity (Wildman–Crippen MR) is 92.4 cm³/mol. The molecule has 1 aromatic rings. The molecule has 0 bridgehead atoms. The number of nitrogens with one attached hydrogen (secondary N) is 1. The van der Waals surface area contributed by atoms with Gasteiger partial charge in [0.2, 0.25) is 0 Å². The Bertz CT molecular complexity index is 587. The lowest BCUT2D eigenvalue weighted by atomic mass is 10.0. The number of benzene rings is 1. The molecule has 0 unspecified atom stereocenters. The molecule has 1 aromatic carbocycles. The Kier molecular flexibility index (Phi) is 5.70. The number of ether oxygens (including phenoxy) is 1. The van der Waals surface area contributed by atoms with Gasteiger partial charge in [-0.1, -0.05) is 12.1 Å². The minimum Gasteiger partial charge on any atom is -0.481 e. The maximum Gasteiger partial charge on any atom is 0.407 e. The topological polar surface area (TPSA) is 78.9 Å². The van der Waals surface area contributed by atoms with E-state index in [0.717, 1.165) is 37.2 Å². The van der Waals surface area contributed by atoms with Crippen LogP contribution in [0.3, 0.4) is 0 Å². The minimum absolute atomic E-state index is 0.0322. The second kappa shape index (κ2) is 7.55. The van der Waals surface area contributed by atoms with Crippen molar-refractivity contribution in [1.29, 1.82) is 0 Å². The molecule has 0 atom stereocenters. The highest BCUT2D eigenvalue weighted by Gasteiger charge is 2.23. The Labute approximate surface area is 142 Å². The minimum atomic E-state index is -0.826. The first-order valence-electron chi connectivity index (χ1n) is 8.28. The van der Waals surface area contributed by atoms with Crippen LogP contribution in [0, 0.1) is 0 Å². The van der Waals surface area contributed by atoms with Gasteiger partial charge in [0, 0.05) is 24.8 Å². The number of amides is 1. The molecule has 1 amide bonds. The maximum absolute atomic E-state index is 11.8. The lowest BCUT2D eigenvalue weighted by Gasteiger charge is -2.34. The van der Waals surface area contributed by atoms with E-state index < -0.39 is 11.6 Å². The Balaban J connectivity index is 1.86. The van der Waals surface area contributed by atoms with Gasteiger partial charge in [-0.2, -0.15) is 0 Å². The zero-order valence-electron chi connectivity index (χ0n) is 14.5. The fourth-order valence-electron chi connectivity index (χ4n) is 2.79. The van der Waals surface area contributed by atoms with Crippen molar-refractivity contribution in [1.82, 2.24) is 5.32 Å². The van der Waals surface area contributed by atoms with Gasteiger partial charge in [0.05, 0.1) is 6.42 Å². The number of anilines is 1. The van der Waals surface area contributed by atoms with Crippen molar-refractivity contribution in [3.8, 4) is 0 Å². The number of rotatable bonds is 4. The lowest BCUT2D eigenvalue weighted by Crippen LogP contribution is -2.46. The molecule has 0 aromatic heterocycles. The van der Waals surface area contributed by atoms with Gasteiger partial charge in [-0.25, -0.2) is 4.79 Å². The second-order valence-corrected chi connectivity index (χ2v) is 7.15. The molecule has 1 aliphatic heterocycles. The van der Waals surface area contributed by atoms with Crippen LogP contribution in [0.4, 0.5) is 10.5 Å². The monoisotopic (exact) mass is 334 g/mol. The van der Waals surface area contributed by atoms with Crippen LogP contribution in [0.25, 0.3) is 0 Å². The van der Waals surface area contributed by atoms with Gasteiger partial charge in [0.1, 0.15) is 5.60 Å². The molecule has 24 heavy (non-hydrogen) atoms. The number of hydrogen-bond acceptors (Lipinski definition) is 4. The first-order valence-corrected chi connectivity index (χ1v) is 8.28. The normalized spacial score (nSPS) is 15.9. The quantitative estimate of drug-likeness (QED) is 0.885. The van der Waals surface area contributed by atoms with Crippen LogP contribution < -0.4 is 10.2 Å². The number of hydrogen-bond donors (Lipinski definition) is 2. The highest BCUT2D eigenvalue weighted by atomic mass is 16.6. The van der Waals surface area contributed by atoms with E-state index in [0.29, 0.717) is 0 Å². The molecule has 6 heteroatoms. The van der Waals surface area contributed by atoms with Crippen LogP contribution in [0.5, 0.6) is 0 Å². The lowest BCUT2D eigenvalue weighted by molar-refractivity contribution is -0.136. The van der Waals surface area contributed by atoms with Crippen molar-refractivity contribution in [2.45, 2.75) is 51.7 Å². The second-order valence-electron chi connectivity index (χ2n) is 7.15. The fraction of sp³-hybridized carbons (Fsp3) is 0.556. The smallest absolute Gasteiger partial charge is 0.407 e. The summed E-state index contributed by atoms with van der Waals surface area (Å²) in [5, 5.41) is 11.8. The molecular weight excluding hydrogens is 308 g/mol. The summed E-state index contributed by atoms with van der Waals surface area (Å²) in [6, 6.07) is 7.74. The number of alkyl carbamates (subject to hydrolysis) is 1. The Hall–Kier alpha value is -2.24. The molecule has 0 spiro atoms. The van der Waals surface area contributed by atoms with E-state index >= 15 is 0 Å². The summed E-state index contributed by atoms with van der Waals surface area (Å²) in [6.07, 6.45) is 1.33. The number of carbonyl (C=O) groups is 2. The summed E-state index contributed by atoms with van der Waals surface area (Å²) in [6.45, 7) is 7.17. The van der Waals surface area contributed by atoms with E-state index in [2.05, 4.69) is 10.2 Å². The molecule has 132 valence electrons. The molecule has 2 rings (SSSR count). The number of nitrogens with zero attached hydrogens (tertiary/aromatic N) is 1. The van der Waals surface area contributed by atoms with Gasteiger partial charge < -0.3 is 20.1 Å². The van der Waals surface area contributed by atoms with Crippen LogP contribution in [0.2, 0.25) is 0 Å². The zero-order chi connectivity index (χ0) is 17.7. The van der Waals surface area contributed by atoms with E-state index in [4.69, 9.17) is 9.84 Å². The van der Waals surface area contributed by atoms with Crippen molar-refractivity contribution >= 4 is 17.7 Å². The van der Waals surface area contributed by atoms with E-state index in [1.165, 1.54) is 0 Å². The molecule has 2 N–H and O–H groups in total. The zero-order valence-corrected chi connectivity index (χ0v) is 14.5. The number of piperidine rings is 1. The van der Waals surface area contributed by atoms with Crippen LogP contribution in [-0.2, 0) is 16.0 Å². The van der Waals surface area contributed by atoms with Crippen molar-refractivity contribution in [3.05, 3.63) is 29.8 Å². The third-order valence-electron chi connectivity index (χ3n) is 3.85. The number of aliphatic carboxylic acids is 1. The average molecular weight is 334 g/mol. The summed E-state index contributed by atoms with van der Waals surface area (Å²) in [4.78, 5) is 24.9. The Morgan fingerprint density at radius 1 is 1.29 bits per heavy atom. The first kappa shape index (κ1) is 18.1. The Morgan fingerprint density at radius 3 is 2.54 bits per heavy atom. The summed E-state index contributed by atoms with van der Waals surface area (Å²) in [5.41, 5.74) is 1.34. The molecule has 0 radical (unpaired) electrons. The van der Waals surface area contributed by atoms with Crippen molar-refractivity contribution in [2.75, 3.05) is 18.0 Å². The standard InChI is InChI=1S/C18H26N2O4/c1-18(2,3)24-17(23)19-14-7-9-20(10-8-14)15-6-4-5-13(11-15)12-16(21)22/h4-6,11,14H,7-10,12H2,1-3H3,(H,19,23)(H,21,22). The molecule has 6 nitrogen and oxygen atoms in total. The van der Waals surface area contributed by atoms with Crippen LogP contribution in [-0.4, -0.2) is 41.9 Å². The van der Waals surface area contributed by atoms with Crippen LogP contribution in [0.1, 0.15) is 39.2 Å². The largest absolute Gasteiger partial charge is 0.481 e. The molecule has 1 fully saturated rings. The highest BCUT2D eigenvalue weighted by Crippen LogP contribution is 2.22. The van der Waals surface area contributed by atoms with Crippen molar-refractivity contribution in [2.24, 2.45) is 0 Å². The van der Waals surface area contributed by atoms with Gasteiger partial charge in [0.25, 0.3) is 0 Å². The molecule has 1 saturated heterocycles. The SMILES string of the molecule is CC(C)(C)OC(=O)NC1CCN(c2cccc(CC(=O)O)c2)CC1. The third kappa shape index (κ3) is 5.76. The average Bonchev–Trinajstić information content (AvgIpc) is 2.45.